The van der Waals surface area contributed by atoms with Crippen LogP contribution in [0.25, 0.3) is 27.7 Å². The molecule has 2 aliphatic rings. The lowest BCUT2D eigenvalue weighted by molar-refractivity contribution is -0.110. The van der Waals surface area contributed by atoms with Gasteiger partial charge in [-0.1, -0.05) is 0 Å². The highest BCUT2D eigenvalue weighted by Gasteiger charge is 2.38. The molecule has 0 amide bonds. The second kappa shape index (κ2) is 8.43. The van der Waals surface area contributed by atoms with Crippen LogP contribution in [0.3, 0.4) is 0 Å². The fourth-order valence-electron chi connectivity index (χ4n) is 4.98. The molecular formula is C25H21F3N6O2. The van der Waals surface area contributed by atoms with E-state index < -0.39 is 17.9 Å². The molecule has 6 rings (SSSR count). The Morgan fingerprint density at radius 3 is 2.67 bits per heavy atom. The zero-order valence-electron chi connectivity index (χ0n) is 19.2. The molecule has 0 unspecified atom stereocenters. The van der Waals surface area contributed by atoms with Gasteiger partial charge in [-0.25, -0.2) is 18.2 Å². The molecule has 0 spiro atoms. The number of benzene rings is 1. The summed E-state index contributed by atoms with van der Waals surface area (Å²) >= 11 is 0. The predicted octanol–water partition coefficient (Wildman–Crippen LogP) is 3.93. The van der Waals surface area contributed by atoms with Gasteiger partial charge in [-0.15, -0.1) is 0 Å². The van der Waals surface area contributed by atoms with Gasteiger partial charge in [-0.3, -0.25) is 4.98 Å². The summed E-state index contributed by atoms with van der Waals surface area (Å²) in [6.45, 7) is 2.69. The number of rotatable bonds is 5. The molecule has 36 heavy (non-hydrogen) atoms. The minimum atomic E-state index is -2.94. The van der Waals surface area contributed by atoms with Crippen molar-refractivity contribution in [3.05, 3.63) is 53.2 Å². The lowest BCUT2D eigenvalue weighted by Crippen LogP contribution is -2.56. The van der Waals surface area contributed by atoms with Crippen molar-refractivity contribution < 1.29 is 23.0 Å². The Hall–Kier alpha value is -3.75. The van der Waals surface area contributed by atoms with Crippen LogP contribution in [0.1, 0.15) is 36.2 Å². The number of anilines is 1. The number of nitriles is 1. The molecular weight excluding hydrogens is 473 g/mol. The third kappa shape index (κ3) is 3.56. The van der Waals surface area contributed by atoms with Gasteiger partial charge < -0.3 is 14.7 Å². The minimum Gasteiger partial charge on any atom is -0.393 e. The number of alkyl halides is 2. The second-order valence-electron chi connectivity index (χ2n) is 9.23. The molecule has 0 radical (unpaired) electrons. The second-order valence-corrected chi connectivity index (χ2v) is 9.23. The van der Waals surface area contributed by atoms with Gasteiger partial charge in [-0.05, 0) is 43.5 Å². The van der Waals surface area contributed by atoms with Crippen molar-refractivity contribution in [2.24, 2.45) is 0 Å². The molecule has 0 atom stereocenters. The largest absolute Gasteiger partial charge is 0.393 e. The molecule has 4 aromatic rings. The van der Waals surface area contributed by atoms with E-state index in [0.717, 1.165) is 0 Å². The summed E-state index contributed by atoms with van der Waals surface area (Å²) in [6, 6.07) is 7.90. The summed E-state index contributed by atoms with van der Waals surface area (Å²) in [6.07, 6.45) is -0.604. The van der Waals surface area contributed by atoms with Crippen LogP contribution in [-0.4, -0.2) is 56.1 Å². The van der Waals surface area contributed by atoms with Crippen LogP contribution in [-0.2, 0) is 4.74 Å². The maximum atomic E-state index is 13.9. The van der Waals surface area contributed by atoms with E-state index in [1.165, 1.54) is 16.6 Å². The van der Waals surface area contributed by atoms with Gasteiger partial charge in [0.1, 0.15) is 29.0 Å². The first-order valence-corrected chi connectivity index (χ1v) is 11.6. The zero-order valence-corrected chi connectivity index (χ0v) is 19.2. The van der Waals surface area contributed by atoms with Crippen LogP contribution in [0.2, 0.25) is 0 Å². The number of aryl methyl sites for hydroxylation is 1. The first kappa shape index (κ1) is 22.7. The van der Waals surface area contributed by atoms with Gasteiger partial charge >= 0.3 is 0 Å². The molecule has 1 saturated carbocycles. The fourth-order valence-corrected chi connectivity index (χ4v) is 4.98. The smallest absolute Gasteiger partial charge is 0.283 e. The minimum absolute atomic E-state index is 0.00480. The van der Waals surface area contributed by atoms with E-state index >= 15 is 0 Å². The van der Waals surface area contributed by atoms with Gasteiger partial charge in [0, 0.05) is 36.3 Å². The summed E-state index contributed by atoms with van der Waals surface area (Å²) < 4.78 is 48.8. The maximum Gasteiger partial charge on any atom is 0.283 e. The Balaban J connectivity index is 1.52. The zero-order chi connectivity index (χ0) is 25.1. The molecule has 1 saturated heterocycles. The maximum absolute atomic E-state index is 13.9. The number of ether oxygens (including phenoxy) is 1. The van der Waals surface area contributed by atoms with Gasteiger partial charge in [0.05, 0.1) is 29.5 Å². The van der Waals surface area contributed by atoms with E-state index in [2.05, 4.69) is 15.1 Å². The van der Waals surface area contributed by atoms with Gasteiger partial charge in [0.2, 0.25) is 0 Å². The average Bonchev–Trinajstić information content (AvgIpc) is 3.17. The Bertz CT molecular complexity index is 1540. The van der Waals surface area contributed by atoms with Crippen molar-refractivity contribution in [3.8, 4) is 17.2 Å². The van der Waals surface area contributed by atoms with E-state index in [-0.39, 0.29) is 29.5 Å². The van der Waals surface area contributed by atoms with E-state index in [4.69, 9.17) is 4.74 Å². The first-order valence-electron chi connectivity index (χ1n) is 11.6. The number of aliphatic hydroxyl groups excluding tert-OH is 1. The van der Waals surface area contributed by atoms with Crippen LogP contribution < -0.4 is 4.90 Å². The van der Waals surface area contributed by atoms with Crippen LogP contribution in [0.4, 0.5) is 19.0 Å². The Kier molecular flexibility index (Phi) is 5.31. The van der Waals surface area contributed by atoms with Gasteiger partial charge in [-0.2, -0.15) is 14.9 Å². The van der Waals surface area contributed by atoms with Crippen molar-refractivity contribution in [1.82, 2.24) is 19.6 Å². The summed E-state index contributed by atoms with van der Waals surface area (Å²) in [5.74, 6) is 0.0834. The summed E-state index contributed by atoms with van der Waals surface area (Å²) in [4.78, 5) is 10.7. The Morgan fingerprint density at radius 2 is 1.97 bits per heavy atom. The normalized spacial score (nSPS) is 20.1. The average molecular weight is 494 g/mol. The molecule has 11 heteroatoms. The topological polar surface area (TPSA) is 99.6 Å². The number of aliphatic hydroxyl groups is 1. The van der Waals surface area contributed by atoms with Crippen LogP contribution in [0.5, 0.6) is 0 Å². The highest BCUT2D eigenvalue weighted by Crippen LogP contribution is 2.41. The van der Waals surface area contributed by atoms with Gasteiger partial charge in [0.15, 0.2) is 5.65 Å². The first-order chi connectivity index (χ1) is 17.3. The van der Waals surface area contributed by atoms with Crippen molar-refractivity contribution in [1.29, 1.82) is 5.26 Å². The lowest BCUT2D eigenvalue weighted by atomic mass is 9.92. The predicted molar refractivity (Wildman–Crippen MR) is 124 cm³/mol. The van der Waals surface area contributed by atoms with Crippen LogP contribution >= 0.6 is 0 Å². The molecule has 184 valence electrons. The molecule has 1 aromatic carbocycles. The monoisotopic (exact) mass is 494 g/mol. The number of hydrogen-bond acceptors (Lipinski definition) is 7. The SMILES string of the molecule is Cc1nc2c(C#N)c(C(F)F)nn2c(N2CC(OC3CC(O)C3)C2)c1-c1ccnc2cc(F)ccc12. The van der Waals surface area contributed by atoms with Crippen molar-refractivity contribution in [2.75, 3.05) is 18.0 Å². The quantitative estimate of drug-likeness (QED) is 0.449. The van der Waals surface area contributed by atoms with E-state index in [1.54, 1.807) is 25.3 Å². The van der Waals surface area contributed by atoms with E-state index in [1.807, 2.05) is 11.0 Å². The van der Waals surface area contributed by atoms with Crippen molar-refractivity contribution in [3.63, 3.8) is 0 Å². The number of aromatic nitrogens is 4. The highest BCUT2D eigenvalue weighted by molar-refractivity contribution is 5.98. The third-order valence-electron chi connectivity index (χ3n) is 6.84. The summed E-state index contributed by atoms with van der Waals surface area (Å²) in [5.41, 5.74) is 1.45. The number of halogens is 3. The van der Waals surface area contributed by atoms with Crippen LogP contribution in [0.15, 0.2) is 30.5 Å². The molecule has 3 aromatic heterocycles. The molecule has 1 aliphatic heterocycles. The standard InChI is InChI=1S/C25H21F3N6O2/c1-12-21(18-4-5-30-20-6-13(26)2-3-17(18)20)25(33-10-16(11-33)36-15-7-14(35)8-15)34-24(31-12)19(9-29)22(32-34)23(27)28/h2-6,14-16,23,35H,7-8,10-11H2,1H3. The number of fused-ring (bicyclic) bond motifs is 2. The number of pyridine rings is 1. The molecule has 4 heterocycles. The van der Waals surface area contributed by atoms with Crippen LogP contribution in [0, 0.1) is 24.1 Å². The number of hydrogen-bond donors (Lipinski definition) is 1. The van der Waals surface area contributed by atoms with Crippen molar-refractivity contribution >= 4 is 22.4 Å². The highest BCUT2D eigenvalue weighted by atomic mass is 19.3. The molecule has 0 bridgehead atoms. The fraction of sp³-hybridized carbons (Fsp3) is 0.360. The third-order valence-corrected chi connectivity index (χ3v) is 6.84. The Morgan fingerprint density at radius 1 is 1.19 bits per heavy atom. The van der Waals surface area contributed by atoms with E-state index in [0.29, 0.717) is 59.5 Å². The summed E-state index contributed by atoms with van der Waals surface area (Å²) in [7, 11) is 0. The summed E-state index contributed by atoms with van der Waals surface area (Å²) in [5, 5.41) is 23.9. The number of nitrogens with zero attached hydrogens (tertiary/aromatic N) is 6. The molecule has 2 fully saturated rings. The van der Waals surface area contributed by atoms with Gasteiger partial charge in [0.25, 0.3) is 6.43 Å². The molecule has 1 aliphatic carbocycles. The van der Waals surface area contributed by atoms with E-state index in [9.17, 15) is 23.5 Å². The molecule has 1 N–H and O–H groups in total. The lowest BCUT2D eigenvalue weighted by Gasteiger charge is -2.45. The molecule has 8 nitrogen and oxygen atoms in total. The Labute approximate surface area is 203 Å². The van der Waals surface area contributed by atoms with Crippen molar-refractivity contribution in [2.45, 2.75) is 44.5 Å².